The second-order valence-electron chi connectivity index (χ2n) is 6.09. The Morgan fingerprint density at radius 2 is 2.12 bits per heavy atom. The van der Waals surface area contributed by atoms with Gasteiger partial charge in [0.15, 0.2) is 5.96 Å². The van der Waals surface area contributed by atoms with E-state index in [4.69, 9.17) is 16.3 Å². The minimum Gasteiger partial charge on any atom is -0.379 e. The number of rotatable bonds is 7. The van der Waals surface area contributed by atoms with Crippen molar-refractivity contribution in [3.63, 3.8) is 0 Å². The Morgan fingerprint density at radius 3 is 2.80 bits per heavy atom. The summed E-state index contributed by atoms with van der Waals surface area (Å²) in [6.07, 6.45) is 0.509. The van der Waals surface area contributed by atoms with E-state index >= 15 is 0 Å². The van der Waals surface area contributed by atoms with Crippen LogP contribution in [0.4, 0.5) is 4.39 Å². The van der Waals surface area contributed by atoms with Crippen molar-refractivity contribution in [2.24, 2.45) is 4.99 Å². The molecular formula is C18H28ClFN4O. The van der Waals surface area contributed by atoms with Gasteiger partial charge in [0, 0.05) is 42.8 Å². The summed E-state index contributed by atoms with van der Waals surface area (Å²) in [5.41, 5.74) is 0.536. The van der Waals surface area contributed by atoms with Gasteiger partial charge in [-0.2, -0.15) is 0 Å². The highest BCUT2D eigenvalue weighted by Crippen LogP contribution is 2.18. The van der Waals surface area contributed by atoms with Crippen molar-refractivity contribution in [2.45, 2.75) is 26.3 Å². The van der Waals surface area contributed by atoms with E-state index in [9.17, 15) is 4.39 Å². The minimum absolute atomic E-state index is 0.267. The average Bonchev–Trinajstić information content (AvgIpc) is 2.62. The number of ether oxygens (including phenoxy) is 1. The third-order valence-electron chi connectivity index (χ3n) is 4.26. The molecule has 0 bridgehead atoms. The molecule has 0 aliphatic carbocycles. The van der Waals surface area contributed by atoms with E-state index in [0.29, 0.717) is 36.1 Å². The molecule has 0 spiro atoms. The maximum Gasteiger partial charge on any atom is 0.191 e. The van der Waals surface area contributed by atoms with Crippen LogP contribution in [-0.2, 0) is 11.2 Å². The SMILES string of the molecule is CCNC(=NCC(C)N1CCOCC1)NCCc1c(F)cccc1Cl. The highest BCUT2D eigenvalue weighted by atomic mass is 35.5. The quantitative estimate of drug-likeness (QED) is 0.571. The van der Waals surface area contributed by atoms with Gasteiger partial charge in [-0.3, -0.25) is 9.89 Å². The first-order chi connectivity index (χ1) is 12.1. The molecule has 1 saturated heterocycles. The molecular weight excluding hydrogens is 343 g/mol. The molecule has 0 amide bonds. The number of nitrogens with zero attached hydrogens (tertiary/aromatic N) is 2. The van der Waals surface area contributed by atoms with Gasteiger partial charge in [-0.25, -0.2) is 4.39 Å². The summed E-state index contributed by atoms with van der Waals surface area (Å²) >= 11 is 6.07. The summed E-state index contributed by atoms with van der Waals surface area (Å²) in [6.45, 7) is 9.73. The van der Waals surface area contributed by atoms with Crippen LogP contribution in [0.1, 0.15) is 19.4 Å². The summed E-state index contributed by atoms with van der Waals surface area (Å²) in [5, 5.41) is 6.94. The Kier molecular flexibility index (Phi) is 8.44. The summed E-state index contributed by atoms with van der Waals surface area (Å²) in [6, 6.07) is 5.13. The molecule has 1 fully saturated rings. The zero-order chi connectivity index (χ0) is 18.1. The number of benzene rings is 1. The van der Waals surface area contributed by atoms with Gasteiger partial charge >= 0.3 is 0 Å². The fraction of sp³-hybridized carbons (Fsp3) is 0.611. The molecule has 0 radical (unpaired) electrons. The van der Waals surface area contributed by atoms with Crippen molar-refractivity contribution in [3.8, 4) is 0 Å². The molecule has 1 aliphatic heterocycles. The molecule has 0 aromatic heterocycles. The molecule has 1 aliphatic rings. The molecule has 7 heteroatoms. The molecule has 1 unspecified atom stereocenters. The molecule has 2 rings (SSSR count). The fourth-order valence-electron chi connectivity index (χ4n) is 2.78. The summed E-state index contributed by atoms with van der Waals surface area (Å²) in [4.78, 5) is 7.03. The number of hydrogen-bond donors (Lipinski definition) is 2. The van der Waals surface area contributed by atoms with Crippen LogP contribution in [0, 0.1) is 5.82 Å². The molecule has 1 aromatic rings. The standard InChI is InChI=1S/C18H28ClFN4O/c1-3-21-18(23-13-14(2)24-9-11-25-12-10-24)22-8-7-15-16(19)5-4-6-17(15)20/h4-6,14H,3,7-13H2,1-2H3,(H2,21,22,23). The fourth-order valence-corrected chi connectivity index (χ4v) is 3.03. The van der Waals surface area contributed by atoms with Crippen molar-refractivity contribution >= 4 is 17.6 Å². The Bertz CT molecular complexity index is 544. The first-order valence-corrected chi connectivity index (χ1v) is 9.26. The largest absolute Gasteiger partial charge is 0.379 e. The van der Waals surface area contributed by atoms with Crippen LogP contribution in [0.15, 0.2) is 23.2 Å². The molecule has 1 heterocycles. The van der Waals surface area contributed by atoms with Crippen LogP contribution in [0.3, 0.4) is 0 Å². The second-order valence-corrected chi connectivity index (χ2v) is 6.50. The molecule has 2 N–H and O–H groups in total. The van der Waals surface area contributed by atoms with Gasteiger partial charge in [0.1, 0.15) is 5.82 Å². The first-order valence-electron chi connectivity index (χ1n) is 8.88. The van der Waals surface area contributed by atoms with Crippen molar-refractivity contribution in [1.82, 2.24) is 15.5 Å². The lowest BCUT2D eigenvalue weighted by atomic mass is 10.1. The van der Waals surface area contributed by atoms with Gasteiger partial charge in [-0.05, 0) is 32.4 Å². The summed E-state index contributed by atoms with van der Waals surface area (Å²) < 4.78 is 19.2. The molecule has 25 heavy (non-hydrogen) atoms. The minimum atomic E-state index is -0.267. The average molecular weight is 371 g/mol. The monoisotopic (exact) mass is 370 g/mol. The third-order valence-corrected chi connectivity index (χ3v) is 4.61. The van der Waals surface area contributed by atoms with E-state index in [-0.39, 0.29) is 5.82 Å². The van der Waals surface area contributed by atoms with Gasteiger partial charge in [0.25, 0.3) is 0 Å². The first kappa shape index (κ1) is 19.9. The van der Waals surface area contributed by atoms with Gasteiger partial charge in [0.05, 0.1) is 19.8 Å². The Balaban J connectivity index is 1.84. The predicted molar refractivity (Wildman–Crippen MR) is 101 cm³/mol. The maximum atomic E-state index is 13.8. The van der Waals surface area contributed by atoms with E-state index in [1.807, 2.05) is 6.92 Å². The smallest absolute Gasteiger partial charge is 0.191 e. The van der Waals surface area contributed by atoms with Crippen LogP contribution >= 0.6 is 11.6 Å². The number of nitrogens with one attached hydrogen (secondary N) is 2. The van der Waals surface area contributed by atoms with Crippen molar-refractivity contribution in [1.29, 1.82) is 0 Å². The van der Waals surface area contributed by atoms with Crippen molar-refractivity contribution < 1.29 is 9.13 Å². The number of aliphatic imine (C=N–C) groups is 1. The Labute approximate surface area is 154 Å². The molecule has 1 aromatic carbocycles. The van der Waals surface area contributed by atoms with Gasteiger partial charge in [0.2, 0.25) is 0 Å². The third kappa shape index (κ3) is 6.45. The molecule has 5 nitrogen and oxygen atoms in total. The van der Waals surface area contributed by atoms with E-state index < -0.39 is 0 Å². The van der Waals surface area contributed by atoms with Crippen LogP contribution < -0.4 is 10.6 Å². The number of hydrogen-bond acceptors (Lipinski definition) is 3. The van der Waals surface area contributed by atoms with Gasteiger partial charge in [-0.15, -0.1) is 0 Å². The normalized spacial score (nSPS) is 17.4. The van der Waals surface area contributed by atoms with Crippen LogP contribution in [-0.4, -0.2) is 62.8 Å². The highest BCUT2D eigenvalue weighted by Gasteiger charge is 2.16. The lowest BCUT2D eigenvalue weighted by Crippen LogP contribution is -2.44. The molecule has 1 atom stereocenters. The number of halogens is 2. The zero-order valence-corrected chi connectivity index (χ0v) is 15.8. The van der Waals surface area contributed by atoms with E-state index in [2.05, 4.69) is 27.4 Å². The van der Waals surface area contributed by atoms with Crippen LogP contribution in [0.5, 0.6) is 0 Å². The molecule has 0 saturated carbocycles. The second kappa shape index (κ2) is 10.6. The van der Waals surface area contributed by atoms with Gasteiger partial charge in [-0.1, -0.05) is 17.7 Å². The maximum absolute atomic E-state index is 13.8. The van der Waals surface area contributed by atoms with Crippen LogP contribution in [0.25, 0.3) is 0 Å². The molecule has 140 valence electrons. The van der Waals surface area contributed by atoms with Crippen molar-refractivity contribution in [2.75, 3.05) is 45.9 Å². The number of morpholine rings is 1. The van der Waals surface area contributed by atoms with E-state index in [0.717, 1.165) is 38.8 Å². The van der Waals surface area contributed by atoms with Gasteiger partial charge < -0.3 is 15.4 Å². The lowest BCUT2D eigenvalue weighted by Gasteiger charge is -2.31. The lowest BCUT2D eigenvalue weighted by molar-refractivity contribution is 0.0220. The summed E-state index contributed by atoms with van der Waals surface area (Å²) in [5.74, 6) is 0.479. The Morgan fingerprint density at radius 1 is 1.36 bits per heavy atom. The Hall–Kier alpha value is -1.37. The van der Waals surface area contributed by atoms with E-state index in [1.54, 1.807) is 12.1 Å². The van der Waals surface area contributed by atoms with E-state index in [1.165, 1.54) is 6.07 Å². The topological polar surface area (TPSA) is 48.9 Å². The van der Waals surface area contributed by atoms with Crippen molar-refractivity contribution in [3.05, 3.63) is 34.6 Å². The zero-order valence-electron chi connectivity index (χ0n) is 15.0. The predicted octanol–water partition coefficient (Wildman–Crippen LogP) is 2.30. The highest BCUT2D eigenvalue weighted by molar-refractivity contribution is 6.31. The number of guanidine groups is 1. The summed E-state index contributed by atoms with van der Waals surface area (Å²) in [7, 11) is 0. The van der Waals surface area contributed by atoms with Crippen LogP contribution in [0.2, 0.25) is 5.02 Å².